The fourth-order valence-electron chi connectivity index (χ4n) is 5.43. The molecule has 1 fully saturated rings. The lowest BCUT2D eigenvalue weighted by Crippen LogP contribution is -2.52. The molecule has 31 heavy (non-hydrogen) atoms. The number of fused-ring (bicyclic) bond motifs is 4. The first-order valence-electron chi connectivity index (χ1n) is 11.0. The molecule has 0 unspecified atom stereocenters. The molecule has 2 aliphatic heterocycles. The summed E-state index contributed by atoms with van der Waals surface area (Å²) >= 11 is 0. The van der Waals surface area contributed by atoms with Gasteiger partial charge in [-0.15, -0.1) is 0 Å². The molecule has 0 saturated carbocycles. The average molecular weight is 417 g/mol. The Kier molecular flexibility index (Phi) is 5.00. The summed E-state index contributed by atoms with van der Waals surface area (Å²) in [5, 5.41) is 4.46. The van der Waals surface area contributed by atoms with Crippen molar-refractivity contribution < 1.29 is 4.79 Å². The molecule has 1 amide bonds. The van der Waals surface area contributed by atoms with Crippen LogP contribution in [0, 0.1) is 19.8 Å². The van der Waals surface area contributed by atoms with Crippen molar-refractivity contribution in [3.63, 3.8) is 0 Å². The van der Waals surface area contributed by atoms with Gasteiger partial charge in [0.05, 0.1) is 5.69 Å². The van der Waals surface area contributed by atoms with Crippen LogP contribution in [-0.2, 0) is 17.8 Å². The smallest absolute Gasteiger partial charge is 0.251 e. The molecule has 1 aromatic carbocycles. The van der Waals surface area contributed by atoms with Crippen LogP contribution in [0.25, 0.3) is 0 Å². The number of likely N-dealkylation sites (tertiary alicyclic amines) is 1. The largest absolute Gasteiger partial charge is 0.340 e. The summed E-state index contributed by atoms with van der Waals surface area (Å²) in [5.41, 5.74) is 4.28. The van der Waals surface area contributed by atoms with Gasteiger partial charge in [0.2, 0.25) is 5.91 Å². The van der Waals surface area contributed by atoms with Crippen molar-refractivity contribution >= 4 is 5.91 Å². The van der Waals surface area contributed by atoms with Crippen LogP contribution in [-0.4, -0.2) is 38.2 Å². The van der Waals surface area contributed by atoms with Crippen molar-refractivity contribution in [2.45, 2.75) is 45.2 Å². The molecule has 2 aromatic heterocycles. The number of carbonyl (C=O) groups is 1. The Labute approximate surface area is 182 Å². The second-order valence-electron chi connectivity index (χ2n) is 8.99. The van der Waals surface area contributed by atoms with Crippen molar-refractivity contribution in [3.8, 4) is 0 Å². The minimum Gasteiger partial charge on any atom is -0.340 e. The average Bonchev–Trinajstić information content (AvgIpc) is 3.08. The molecule has 2 bridgehead atoms. The monoisotopic (exact) mass is 416 g/mol. The fraction of sp³-hybridized carbons (Fsp3) is 0.400. The molecule has 6 heteroatoms. The first-order chi connectivity index (χ1) is 15.0. The Morgan fingerprint density at radius 3 is 2.61 bits per heavy atom. The van der Waals surface area contributed by atoms with Crippen LogP contribution in [0.1, 0.15) is 41.0 Å². The molecule has 3 aromatic rings. The van der Waals surface area contributed by atoms with Gasteiger partial charge in [-0.05, 0) is 50.3 Å². The molecule has 2 aliphatic rings. The van der Waals surface area contributed by atoms with E-state index in [2.05, 4.69) is 23.3 Å². The number of amides is 1. The lowest BCUT2D eigenvalue weighted by Gasteiger charge is -2.47. The Hall–Kier alpha value is -3.15. The number of pyridine rings is 1. The maximum atomic E-state index is 13.2. The van der Waals surface area contributed by atoms with E-state index in [4.69, 9.17) is 0 Å². The van der Waals surface area contributed by atoms with Gasteiger partial charge in [0.1, 0.15) is 6.54 Å². The van der Waals surface area contributed by atoms with Gasteiger partial charge < -0.3 is 9.47 Å². The van der Waals surface area contributed by atoms with Crippen LogP contribution < -0.4 is 5.56 Å². The highest BCUT2D eigenvalue weighted by Crippen LogP contribution is 2.42. The van der Waals surface area contributed by atoms with E-state index in [1.54, 1.807) is 10.7 Å². The Morgan fingerprint density at radius 1 is 1.06 bits per heavy atom. The summed E-state index contributed by atoms with van der Waals surface area (Å²) < 4.78 is 3.80. The van der Waals surface area contributed by atoms with Gasteiger partial charge in [-0.3, -0.25) is 14.3 Å². The number of rotatable bonds is 4. The molecule has 4 heterocycles. The van der Waals surface area contributed by atoms with E-state index in [0.29, 0.717) is 13.1 Å². The van der Waals surface area contributed by atoms with E-state index in [1.165, 1.54) is 5.56 Å². The summed E-state index contributed by atoms with van der Waals surface area (Å²) in [6, 6.07) is 18.0. The van der Waals surface area contributed by atoms with Crippen LogP contribution >= 0.6 is 0 Å². The Morgan fingerprint density at radius 2 is 1.87 bits per heavy atom. The van der Waals surface area contributed by atoms with E-state index in [-0.39, 0.29) is 35.9 Å². The minimum absolute atomic E-state index is 0.0617. The lowest BCUT2D eigenvalue weighted by molar-refractivity contribution is -0.135. The molecule has 1 saturated heterocycles. The van der Waals surface area contributed by atoms with Gasteiger partial charge in [0.15, 0.2) is 0 Å². The van der Waals surface area contributed by atoms with Crippen LogP contribution in [0.3, 0.4) is 0 Å². The number of aromatic nitrogens is 3. The third-order valence-corrected chi connectivity index (χ3v) is 6.83. The number of aryl methyl sites for hydroxylation is 2. The maximum Gasteiger partial charge on any atom is 0.251 e. The Bertz CT molecular complexity index is 1160. The fourth-order valence-corrected chi connectivity index (χ4v) is 5.43. The van der Waals surface area contributed by atoms with Crippen LogP contribution in [0.4, 0.5) is 0 Å². The molecule has 6 nitrogen and oxygen atoms in total. The van der Waals surface area contributed by atoms with Gasteiger partial charge in [0, 0.05) is 42.5 Å². The topological polar surface area (TPSA) is 60.1 Å². The quantitative estimate of drug-likeness (QED) is 0.657. The number of piperidine rings is 1. The highest BCUT2D eigenvalue weighted by atomic mass is 16.2. The number of benzene rings is 1. The third kappa shape index (κ3) is 3.71. The summed E-state index contributed by atoms with van der Waals surface area (Å²) in [4.78, 5) is 28.1. The van der Waals surface area contributed by atoms with Crippen LogP contribution in [0.15, 0.2) is 59.4 Å². The second-order valence-corrected chi connectivity index (χ2v) is 8.99. The van der Waals surface area contributed by atoms with Crippen LogP contribution in [0.2, 0.25) is 0 Å². The second kappa shape index (κ2) is 7.84. The Balaban J connectivity index is 1.45. The molecule has 5 rings (SSSR count). The van der Waals surface area contributed by atoms with E-state index in [0.717, 1.165) is 29.9 Å². The maximum absolute atomic E-state index is 13.2. The van der Waals surface area contributed by atoms with Crippen molar-refractivity contribution in [3.05, 3.63) is 87.6 Å². The van der Waals surface area contributed by atoms with Gasteiger partial charge in [-0.2, -0.15) is 5.10 Å². The zero-order valence-corrected chi connectivity index (χ0v) is 18.1. The summed E-state index contributed by atoms with van der Waals surface area (Å²) in [7, 11) is 0. The van der Waals surface area contributed by atoms with Gasteiger partial charge in [0.25, 0.3) is 5.56 Å². The highest BCUT2D eigenvalue weighted by Gasteiger charge is 2.41. The predicted molar refractivity (Wildman–Crippen MR) is 119 cm³/mol. The third-order valence-electron chi connectivity index (χ3n) is 6.83. The number of hydrogen-bond acceptors (Lipinski definition) is 3. The molecule has 0 radical (unpaired) electrons. The zero-order valence-electron chi connectivity index (χ0n) is 18.1. The van der Waals surface area contributed by atoms with E-state index in [9.17, 15) is 9.59 Å². The number of carbonyl (C=O) groups excluding carboxylic acids is 1. The van der Waals surface area contributed by atoms with Crippen molar-refractivity contribution in [2.24, 2.45) is 5.92 Å². The highest BCUT2D eigenvalue weighted by molar-refractivity contribution is 5.76. The molecular weight excluding hydrogens is 388 g/mol. The SMILES string of the molecule is Cc1cc(C)n(CC(=O)N2C[C@H]3C[C@@H](C2)[C@H](Cc2ccccc2)n2c3cccc2=O)n1. The van der Waals surface area contributed by atoms with Gasteiger partial charge in [-0.25, -0.2) is 0 Å². The molecule has 160 valence electrons. The predicted octanol–water partition coefficient (Wildman–Crippen LogP) is 3.09. The van der Waals surface area contributed by atoms with E-state index >= 15 is 0 Å². The summed E-state index contributed by atoms with van der Waals surface area (Å²) in [6.07, 6.45) is 1.82. The molecule has 0 N–H and O–H groups in total. The minimum atomic E-state index is 0.0617. The summed E-state index contributed by atoms with van der Waals surface area (Å²) in [5.74, 6) is 0.561. The van der Waals surface area contributed by atoms with Crippen molar-refractivity contribution in [2.75, 3.05) is 13.1 Å². The first kappa shape index (κ1) is 19.8. The first-order valence-corrected chi connectivity index (χ1v) is 11.0. The van der Waals surface area contributed by atoms with Crippen LogP contribution in [0.5, 0.6) is 0 Å². The number of hydrogen-bond donors (Lipinski definition) is 0. The van der Waals surface area contributed by atoms with E-state index < -0.39 is 0 Å². The zero-order chi connectivity index (χ0) is 21.5. The lowest BCUT2D eigenvalue weighted by atomic mass is 9.76. The normalized spacial score (nSPS) is 22.3. The van der Waals surface area contributed by atoms with Gasteiger partial charge in [-0.1, -0.05) is 36.4 Å². The van der Waals surface area contributed by atoms with Gasteiger partial charge >= 0.3 is 0 Å². The van der Waals surface area contributed by atoms with Crippen molar-refractivity contribution in [1.29, 1.82) is 0 Å². The number of nitrogens with zero attached hydrogens (tertiary/aromatic N) is 4. The molecule has 3 atom stereocenters. The standard InChI is InChI=1S/C25H28N4O2/c1-17-11-18(2)28(26-17)16-25(31)27-14-20-13-21(15-27)23(12-19-7-4-3-5-8-19)29-22(20)9-6-10-24(29)30/h3-11,20-21,23H,12-16H2,1-2H3/t20-,21+,23+/m1/s1. The van der Waals surface area contributed by atoms with Crippen molar-refractivity contribution in [1.82, 2.24) is 19.2 Å². The molecular formula is C25H28N4O2. The van der Waals surface area contributed by atoms with E-state index in [1.807, 2.05) is 53.6 Å². The molecule has 0 spiro atoms. The molecule has 0 aliphatic carbocycles. The summed E-state index contributed by atoms with van der Waals surface area (Å²) in [6.45, 7) is 5.55.